The van der Waals surface area contributed by atoms with Crippen LogP contribution in [0, 0.1) is 0 Å². The first kappa shape index (κ1) is 9.90. The van der Waals surface area contributed by atoms with Gasteiger partial charge in [0.15, 0.2) is 6.10 Å². The number of amides is 1. The van der Waals surface area contributed by atoms with Crippen molar-refractivity contribution < 1.29 is 19.4 Å². The van der Waals surface area contributed by atoms with Crippen LogP contribution in [0.2, 0.25) is 0 Å². The van der Waals surface area contributed by atoms with Crippen LogP contribution in [0.5, 0.6) is 0 Å². The fraction of sp³-hybridized carbons (Fsp3) is 0.667. The monoisotopic (exact) mass is 161 g/mol. The molecule has 0 aliphatic heterocycles. The number of hydrogen-bond acceptors (Lipinski definition) is 3. The summed E-state index contributed by atoms with van der Waals surface area (Å²) >= 11 is 0. The number of primary amides is 1. The number of rotatable bonds is 4. The maximum absolute atomic E-state index is 10.4. The van der Waals surface area contributed by atoms with Gasteiger partial charge < -0.3 is 15.6 Å². The summed E-state index contributed by atoms with van der Waals surface area (Å²) in [6.07, 6.45) is -1.86. The molecular weight excluding hydrogens is 150 g/mol. The van der Waals surface area contributed by atoms with Crippen LogP contribution in [-0.4, -0.2) is 29.2 Å². The Morgan fingerprint density at radius 1 is 1.36 bits per heavy atom. The van der Waals surface area contributed by atoms with Crippen LogP contribution in [0.3, 0.4) is 0 Å². The van der Waals surface area contributed by atoms with Crippen molar-refractivity contribution in [2.24, 2.45) is 5.73 Å². The Labute approximate surface area is 64.1 Å². The summed E-state index contributed by atoms with van der Waals surface area (Å²) < 4.78 is 4.70. The number of ether oxygens (including phenoxy) is 1. The molecule has 0 saturated carbocycles. The van der Waals surface area contributed by atoms with Gasteiger partial charge in [-0.15, -0.1) is 0 Å². The van der Waals surface area contributed by atoms with E-state index in [1.54, 1.807) is 0 Å². The fourth-order valence-electron chi connectivity index (χ4n) is 0.431. The molecule has 0 spiro atoms. The molecule has 3 N–H and O–H groups in total. The van der Waals surface area contributed by atoms with E-state index < -0.39 is 24.1 Å². The zero-order chi connectivity index (χ0) is 9.02. The zero-order valence-electron chi connectivity index (χ0n) is 6.40. The molecule has 0 aliphatic carbocycles. The lowest BCUT2D eigenvalue weighted by Crippen LogP contribution is -2.34. The Kier molecular flexibility index (Phi) is 3.53. The lowest BCUT2D eigenvalue weighted by molar-refractivity contribution is -0.154. The van der Waals surface area contributed by atoms with E-state index in [0.717, 1.165) is 0 Å². The van der Waals surface area contributed by atoms with Crippen molar-refractivity contribution in [3.8, 4) is 0 Å². The highest BCUT2D eigenvalue weighted by atomic mass is 16.5. The molecule has 0 bridgehead atoms. The van der Waals surface area contributed by atoms with E-state index in [-0.39, 0.29) is 0 Å². The average molecular weight is 161 g/mol. The van der Waals surface area contributed by atoms with Crippen molar-refractivity contribution in [2.45, 2.75) is 26.1 Å². The molecule has 0 aromatic rings. The first-order valence-corrected chi connectivity index (χ1v) is 3.12. The summed E-state index contributed by atoms with van der Waals surface area (Å²) in [4.78, 5) is 20.5. The van der Waals surface area contributed by atoms with Gasteiger partial charge in [-0.25, -0.2) is 4.79 Å². The van der Waals surface area contributed by atoms with Crippen molar-refractivity contribution >= 4 is 11.9 Å². The molecular formula is C6H11NO4. The fourth-order valence-corrected chi connectivity index (χ4v) is 0.431. The maximum atomic E-state index is 10.4. The highest BCUT2D eigenvalue weighted by Crippen LogP contribution is 1.96. The minimum Gasteiger partial charge on any atom is -0.479 e. The molecule has 5 nitrogen and oxygen atoms in total. The van der Waals surface area contributed by atoms with Gasteiger partial charge in [0.25, 0.3) is 0 Å². The topological polar surface area (TPSA) is 89.6 Å². The molecule has 2 unspecified atom stereocenters. The third-order valence-electron chi connectivity index (χ3n) is 1.16. The molecule has 5 heteroatoms. The molecule has 0 rings (SSSR count). The minimum atomic E-state index is -1.11. The average Bonchev–Trinajstić information content (AvgIpc) is 1.87. The molecule has 0 aromatic heterocycles. The van der Waals surface area contributed by atoms with Gasteiger partial charge in [0.2, 0.25) is 5.91 Å². The van der Waals surface area contributed by atoms with E-state index in [0.29, 0.717) is 0 Å². The van der Waals surface area contributed by atoms with E-state index in [2.05, 4.69) is 0 Å². The van der Waals surface area contributed by atoms with E-state index in [9.17, 15) is 9.59 Å². The Morgan fingerprint density at radius 3 is 2.09 bits per heavy atom. The predicted molar refractivity (Wildman–Crippen MR) is 36.8 cm³/mol. The summed E-state index contributed by atoms with van der Waals surface area (Å²) in [5, 5.41) is 8.34. The third kappa shape index (κ3) is 3.57. The van der Waals surface area contributed by atoms with Gasteiger partial charge in [0.05, 0.1) is 0 Å². The normalized spacial score (nSPS) is 15.5. The van der Waals surface area contributed by atoms with Crippen LogP contribution >= 0.6 is 0 Å². The SMILES string of the molecule is CC(OC(C)C(=O)O)C(N)=O. The molecule has 0 aromatic carbocycles. The number of nitrogens with two attached hydrogens (primary N) is 1. The largest absolute Gasteiger partial charge is 0.479 e. The molecule has 11 heavy (non-hydrogen) atoms. The van der Waals surface area contributed by atoms with Gasteiger partial charge in [-0.3, -0.25) is 4.79 Å². The first-order chi connectivity index (χ1) is 4.95. The maximum Gasteiger partial charge on any atom is 0.332 e. The van der Waals surface area contributed by atoms with Gasteiger partial charge >= 0.3 is 5.97 Å². The number of aliphatic carboxylic acids is 1. The van der Waals surface area contributed by atoms with Gasteiger partial charge in [0, 0.05) is 0 Å². The van der Waals surface area contributed by atoms with Crippen LogP contribution in [0.15, 0.2) is 0 Å². The Hall–Kier alpha value is -1.10. The summed E-state index contributed by atoms with van der Waals surface area (Å²) in [6.45, 7) is 2.74. The van der Waals surface area contributed by atoms with Crippen LogP contribution in [-0.2, 0) is 14.3 Å². The third-order valence-corrected chi connectivity index (χ3v) is 1.16. The molecule has 0 saturated heterocycles. The number of carboxylic acid groups (broad SMARTS) is 1. The second-order valence-corrected chi connectivity index (χ2v) is 2.16. The van der Waals surface area contributed by atoms with Crippen molar-refractivity contribution in [3.05, 3.63) is 0 Å². The standard InChI is InChI=1S/C6H11NO4/c1-3(5(7)8)11-4(2)6(9)10/h3-4H,1-2H3,(H2,7,8)(H,9,10). The first-order valence-electron chi connectivity index (χ1n) is 3.12. The highest BCUT2D eigenvalue weighted by molar-refractivity contribution is 5.79. The van der Waals surface area contributed by atoms with Crippen LogP contribution in [0.25, 0.3) is 0 Å². The Morgan fingerprint density at radius 2 is 1.82 bits per heavy atom. The number of hydrogen-bond donors (Lipinski definition) is 2. The van der Waals surface area contributed by atoms with Crippen LogP contribution in [0.4, 0.5) is 0 Å². The second-order valence-electron chi connectivity index (χ2n) is 2.16. The smallest absolute Gasteiger partial charge is 0.332 e. The molecule has 0 fully saturated rings. The predicted octanol–water partition coefficient (Wildman–Crippen LogP) is -0.650. The van der Waals surface area contributed by atoms with E-state index in [1.807, 2.05) is 0 Å². The lowest BCUT2D eigenvalue weighted by Gasteiger charge is -2.12. The molecule has 2 atom stereocenters. The van der Waals surface area contributed by atoms with Crippen molar-refractivity contribution in [1.82, 2.24) is 0 Å². The van der Waals surface area contributed by atoms with E-state index in [1.165, 1.54) is 13.8 Å². The van der Waals surface area contributed by atoms with Crippen molar-refractivity contribution in [2.75, 3.05) is 0 Å². The van der Waals surface area contributed by atoms with E-state index >= 15 is 0 Å². The minimum absolute atomic E-state index is 0.668. The Balaban J connectivity index is 3.84. The number of carboxylic acids is 1. The lowest BCUT2D eigenvalue weighted by atomic mass is 10.3. The van der Waals surface area contributed by atoms with Crippen molar-refractivity contribution in [1.29, 1.82) is 0 Å². The highest BCUT2D eigenvalue weighted by Gasteiger charge is 2.17. The van der Waals surface area contributed by atoms with Crippen molar-refractivity contribution in [3.63, 3.8) is 0 Å². The van der Waals surface area contributed by atoms with Gasteiger partial charge in [-0.1, -0.05) is 0 Å². The molecule has 1 amide bonds. The molecule has 0 heterocycles. The summed E-state index contributed by atoms with van der Waals surface area (Å²) in [5.41, 5.74) is 4.83. The summed E-state index contributed by atoms with van der Waals surface area (Å²) in [5.74, 6) is -1.78. The van der Waals surface area contributed by atoms with Gasteiger partial charge in [0.1, 0.15) is 6.10 Å². The molecule has 0 radical (unpaired) electrons. The second kappa shape index (κ2) is 3.92. The zero-order valence-corrected chi connectivity index (χ0v) is 6.40. The van der Waals surface area contributed by atoms with Gasteiger partial charge in [-0.05, 0) is 13.8 Å². The summed E-state index contributed by atoms with van der Waals surface area (Å²) in [7, 11) is 0. The Bertz CT molecular complexity index is 150. The quantitative estimate of drug-likeness (QED) is 0.573. The number of carbonyl (C=O) groups is 2. The van der Waals surface area contributed by atoms with Crippen LogP contribution in [0.1, 0.15) is 13.8 Å². The van der Waals surface area contributed by atoms with Gasteiger partial charge in [-0.2, -0.15) is 0 Å². The molecule has 64 valence electrons. The van der Waals surface area contributed by atoms with Crippen LogP contribution < -0.4 is 5.73 Å². The summed E-state index contributed by atoms with van der Waals surface area (Å²) in [6, 6.07) is 0. The van der Waals surface area contributed by atoms with E-state index in [4.69, 9.17) is 15.6 Å². The molecule has 0 aliphatic rings. The number of carbonyl (C=O) groups excluding carboxylic acids is 1.